The van der Waals surface area contributed by atoms with Crippen molar-refractivity contribution in [2.24, 2.45) is 0 Å². The number of carboxylic acids is 2. The minimum absolute atomic E-state index is 0.240. The van der Waals surface area contributed by atoms with Crippen LogP contribution in [0, 0.1) is 6.92 Å². The largest absolute Gasteiger partial charge is 0.480 e. The summed E-state index contributed by atoms with van der Waals surface area (Å²) in [6, 6.07) is -0.713. The van der Waals surface area contributed by atoms with Crippen molar-refractivity contribution in [3.63, 3.8) is 0 Å². The summed E-state index contributed by atoms with van der Waals surface area (Å²) in [5, 5.41) is 23.6. The Labute approximate surface area is 113 Å². The van der Waals surface area contributed by atoms with Gasteiger partial charge in [0.15, 0.2) is 0 Å². The summed E-state index contributed by atoms with van der Waals surface area (Å²) >= 11 is 1.49. The van der Waals surface area contributed by atoms with Gasteiger partial charge in [-0.25, -0.2) is 4.79 Å². The summed E-state index contributed by atoms with van der Waals surface area (Å²) in [6.45, 7) is 0.829. The molecule has 19 heavy (non-hydrogen) atoms. The molecular weight excluding hydrogens is 272 g/mol. The van der Waals surface area contributed by atoms with Gasteiger partial charge in [0, 0.05) is 6.54 Å². The van der Waals surface area contributed by atoms with Gasteiger partial charge < -0.3 is 20.4 Å². The molecule has 8 heteroatoms. The highest BCUT2D eigenvalue weighted by Gasteiger charge is 2.19. The number of urea groups is 1. The number of hydrogen-bond acceptors (Lipinski definition) is 4. The quantitative estimate of drug-likeness (QED) is 0.715. The van der Waals surface area contributed by atoms with Crippen molar-refractivity contribution in [3.05, 3.63) is 21.9 Å². The smallest absolute Gasteiger partial charge is 0.323 e. The molecule has 0 saturated heterocycles. The molecule has 0 unspecified atom stereocenters. The van der Waals surface area contributed by atoms with Crippen LogP contribution in [0.25, 0.3) is 0 Å². The third kappa shape index (κ3) is 4.96. The second kappa shape index (κ2) is 6.74. The standard InChI is InChI=1S/C11H14N2O5S/c1-7-5-19-6-8(7)2-12-11(18)13(3-9(14)15)4-10(16)17/h5-6H,2-4H2,1H3,(H,12,18)(H,14,15)(H,16,17). The predicted octanol–water partition coefficient (Wildman–Crippen LogP) is 0.737. The zero-order valence-electron chi connectivity index (χ0n) is 10.3. The van der Waals surface area contributed by atoms with Gasteiger partial charge in [-0.15, -0.1) is 0 Å². The van der Waals surface area contributed by atoms with E-state index in [1.54, 1.807) is 0 Å². The molecule has 1 heterocycles. The lowest BCUT2D eigenvalue weighted by molar-refractivity contribution is -0.140. The van der Waals surface area contributed by atoms with E-state index in [1.165, 1.54) is 11.3 Å². The van der Waals surface area contributed by atoms with Crippen molar-refractivity contribution in [1.82, 2.24) is 10.2 Å². The summed E-state index contributed by atoms with van der Waals surface area (Å²) in [4.78, 5) is 33.6. The second-order valence-corrected chi connectivity index (χ2v) is 4.63. The zero-order valence-corrected chi connectivity index (χ0v) is 11.1. The fraction of sp³-hybridized carbons (Fsp3) is 0.364. The molecule has 0 aliphatic rings. The lowest BCUT2D eigenvalue weighted by Gasteiger charge is -2.19. The lowest BCUT2D eigenvalue weighted by atomic mass is 10.2. The third-order valence-corrected chi connectivity index (χ3v) is 3.24. The molecular formula is C11H14N2O5S. The van der Waals surface area contributed by atoms with E-state index < -0.39 is 31.1 Å². The second-order valence-electron chi connectivity index (χ2n) is 3.88. The molecule has 104 valence electrons. The van der Waals surface area contributed by atoms with Crippen LogP contribution in [0.5, 0.6) is 0 Å². The highest BCUT2D eigenvalue weighted by molar-refractivity contribution is 7.08. The number of aryl methyl sites for hydroxylation is 1. The number of amides is 2. The first-order valence-electron chi connectivity index (χ1n) is 5.38. The predicted molar refractivity (Wildman–Crippen MR) is 68.1 cm³/mol. The lowest BCUT2D eigenvalue weighted by Crippen LogP contribution is -2.45. The van der Waals surface area contributed by atoms with Crippen molar-refractivity contribution in [1.29, 1.82) is 0 Å². The van der Waals surface area contributed by atoms with E-state index >= 15 is 0 Å². The van der Waals surface area contributed by atoms with Crippen LogP contribution in [-0.4, -0.2) is 46.2 Å². The normalized spacial score (nSPS) is 9.95. The molecule has 0 bridgehead atoms. The molecule has 0 aromatic carbocycles. The van der Waals surface area contributed by atoms with E-state index in [4.69, 9.17) is 10.2 Å². The average Bonchev–Trinajstić information content (AvgIpc) is 2.69. The maximum atomic E-state index is 11.7. The van der Waals surface area contributed by atoms with Crippen molar-refractivity contribution >= 4 is 29.3 Å². The van der Waals surface area contributed by atoms with Gasteiger partial charge in [0.1, 0.15) is 13.1 Å². The molecule has 1 aromatic rings. The van der Waals surface area contributed by atoms with Gasteiger partial charge >= 0.3 is 18.0 Å². The van der Waals surface area contributed by atoms with Gasteiger partial charge in [0.2, 0.25) is 0 Å². The monoisotopic (exact) mass is 286 g/mol. The van der Waals surface area contributed by atoms with Crippen molar-refractivity contribution in [3.8, 4) is 0 Å². The van der Waals surface area contributed by atoms with Crippen LogP contribution >= 0.6 is 11.3 Å². The van der Waals surface area contributed by atoms with Gasteiger partial charge in [-0.2, -0.15) is 11.3 Å². The molecule has 1 aromatic heterocycles. The average molecular weight is 286 g/mol. The number of rotatable bonds is 6. The Bertz CT molecular complexity index is 469. The van der Waals surface area contributed by atoms with E-state index in [0.717, 1.165) is 16.0 Å². The van der Waals surface area contributed by atoms with Crippen LogP contribution in [0.2, 0.25) is 0 Å². The molecule has 0 saturated carbocycles. The number of aliphatic carboxylic acids is 2. The van der Waals surface area contributed by atoms with Gasteiger partial charge in [-0.1, -0.05) is 0 Å². The Morgan fingerprint density at radius 2 is 1.79 bits per heavy atom. The van der Waals surface area contributed by atoms with Crippen LogP contribution in [0.4, 0.5) is 4.79 Å². The van der Waals surface area contributed by atoms with E-state index in [2.05, 4.69) is 5.32 Å². The highest BCUT2D eigenvalue weighted by Crippen LogP contribution is 2.13. The first-order chi connectivity index (χ1) is 8.90. The topological polar surface area (TPSA) is 107 Å². The minimum Gasteiger partial charge on any atom is -0.480 e. The fourth-order valence-electron chi connectivity index (χ4n) is 1.38. The first-order valence-corrected chi connectivity index (χ1v) is 6.32. The van der Waals surface area contributed by atoms with Gasteiger partial charge in [-0.3, -0.25) is 9.59 Å². The number of nitrogens with zero attached hydrogens (tertiary/aromatic N) is 1. The Hall–Kier alpha value is -2.09. The molecule has 0 aliphatic heterocycles. The summed E-state index contributed by atoms with van der Waals surface area (Å²) in [6.07, 6.45) is 0. The molecule has 0 atom stereocenters. The van der Waals surface area contributed by atoms with Crippen LogP contribution in [0.15, 0.2) is 10.8 Å². The van der Waals surface area contributed by atoms with Gasteiger partial charge in [0.25, 0.3) is 0 Å². The summed E-state index contributed by atoms with van der Waals surface area (Å²) in [5.74, 6) is -2.52. The molecule has 0 spiro atoms. The first kappa shape index (κ1) is 15.0. The Balaban J connectivity index is 2.58. The molecule has 2 amide bonds. The zero-order chi connectivity index (χ0) is 14.4. The van der Waals surface area contributed by atoms with Crippen molar-refractivity contribution in [2.75, 3.05) is 13.1 Å². The van der Waals surface area contributed by atoms with E-state index in [-0.39, 0.29) is 6.54 Å². The van der Waals surface area contributed by atoms with Gasteiger partial charge in [0.05, 0.1) is 0 Å². The number of carbonyl (C=O) groups is 3. The maximum Gasteiger partial charge on any atom is 0.323 e. The van der Waals surface area contributed by atoms with E-state index in [0.29, 0.717) is 0 Å². The Morgan fingerprint density at radius 1 is 1.21 bits per heavy atom. The van der Waals surface area contributed by atoms with Crippen LogP contribution in [0.1, 0.15) is 11.1 Å². The minimum atomic E-state index is -1.26. The third-order valence-electron chi connectivity index (χ3n) is 2.33. The Morgan fingerprint density at radius 3 is 2.21 bits per heavy atom. The molecule has 3 N–H and O–H groups in total. The maximum absolute atomic E-state index is 11.7. The van der Waals surface area contributed by atoms with Gasteiger partial charge in [-0.05, 0) is 28.8 Å². The molecule has 0 aliphatic carbocycles. The van der Waals surface area contributed by atoms with Crippen LogP contribution < -0.4 is 5.32 Å². The van der Waals surface area contributed by atoms with E-state index in [1.807, 2.05) is 17.7 Å². The van der Waals surface area contributed by atoms with Crippen molar-refractivity contribution in [2.45, 2.75) is 13.5 Å². The number of thiophene rings is 1. The number of carboxylic acid groups (broad SMARTS) is 2. The fourth-order valence-corrected chi connectivity index (χ4v) is 2.23. The number of carbonyl (C=O) groups excluding carboxylic acids is 1. The van der Waals surface area contributed by atoms with Crippen LogP contribution in [0.3, 0.4) is 0 Å². The molecule has 1 rings (SSSR count). The summed E-state index contributed by atoms with van der Waals surface area (Å²) in [7, 11) is 0. The van der Waals surface area contributed by atoms with Crippen molar-refractivity contribution < 1.29 is 24.6 Å². The SMILES string of the molecule is Cc1cscc1CNC(=O)N(CC(=O)O)CC(=O)O. The van der Waals surface area contributed by atoms with Crippen LogP contribution in [-0.2, 0) is 16.1 Å². The highest BCUT2D eigenvalue weighted by atomic mass is 32.1. The molecule has 0 fully saturated rings. The Kier molecular flexibility index (Phi) is 5.31. The number of nitrogens with one attached hydrogen (secondary N) is 1. The number of hydrogen-bond donors (Lipinski definition) is 3. The van der Waals surface area contributed by atoms with E-state index in [9.17, 15) is 14.4 Å². The molecule has 0 radical (unpaired) electrons. The summed E-state index contributed by atoms with van der Waals surface area (Å²) < 4.78 is 0. The summed E-state index contributed by atoms with van der Waals surface area (Å²) in [5.41, 5.74) is 1.94. The molecule has 7 nitrogen and oxygen atoms in total.